The predicted molar refractivity (Wildman–Crippen MR) is 70.8 cm³/mol. The molecule has 17 heavy (non-hydrogen) atoms. The van der Waals surface area contributed by atoms with Gasteiger partial charge in [-0.2, -0.15) is 0 Å². The fourth-order valence-corrected chi connectivity index (χ4v) is 2.76. The minimum absolute atomic E-state index is 0.0236. The Balaban J connectivity index is 3.00. The van der Waals surface area contributed by atoms with E-state index in [1.165, 1.54) is 0 Å². The molecule has 1 rings (SSSR count). The summed E-state index contributed by atoms with van der Waals surface area (Å²) in [5.41, 5.74) is 3.32. The van der Waals surface area contributed by atoms with Crippen LogP contribution in [0, 0.1) is 5.41 Å². The first-order chi connectivity index (χ1) is 7.79. The lowest BCUT2D eigenvalue weighted by Crippen LogP contribution is -2.39. The average Bonchev–Trinajstić information content (AvgIpc) is 2.15. The second kappa shape index (κ2) is 5.39. The van der Waals surface area contributed by atoms with E-state index in [4.69, 9.17) is 0 Å². The Labute approximate surface area is 105 Å². The monoisotopic (exact) mass is 238 g/mol. The molecule has 0 spiro atoms. The van der Waals surface area contributed by atoms with Crippen LogP contribution < -0.4 is 0 Å². The van der Waals surface area contributed by atoms with Crippen molar-refractivity contribution in [1.29, 1.82) is 0 Å². The first kappa shape index (κ1) is 14.5. The van der Waals surface area contributed by atoms with Gasteiger partial charge < -0.3 is 10.2 Å². The smallest absolute Gasteiger partial charge is 0.0907 e. The second-order valence-corrected chi connectivity index (χ2v) is 6.05. The van der Waals surface area contributed by atoms with Crippen LogP contribution in [0.1, 0.15) is 59.8 Å². The highest BCUT2D eigenvalue weighted by molar-refractivity contribution is 5.24. The summed E-state index contributed by atoms with van der Waals surface area (Å²) in [4.78, 5) is 0. The van der Waals surface area contributed by atoms with Crippen LogP contribution in [0.3, 0.4) is 0 Å². The van der Waals surface area contributed by atoms with Crippen molar-refractivity contribution in [2.24, 2.45) is 5.41 Å². The van der Waals surface area contributed by atoms with E-state index in [1.807, 2.05) is 13.8 Å². The van der Waals surface area contributed by atoms with Crippen LogP contribution in [-0.4, -0.2) is 21.9 Å². The summed E-state index contributed by atoms with van der Waals surface area (Å²) in [6, 6.07) is 0. The van der Waals surface area contributed by atoms with Gasteiger partial charge in [-0.05, 0) is 44.1 Å². The zero-order valence-corrected chi connectivity index (χ0v) is 11.6. The number of aliphatic hydroxyl groups is 2. The maximum Gasteiger partial charge on any atom is 0.0907 e. The summed E-state index contributed by atoms with van der Waals surface area (Å²) >= 11 is 0. The van der Waals surface area contributed by atoms with Crippen LogP contribution in [0.25, 0.3) is 0 Å². The molecule has 0 bridgehead atoms. The van der Waals surface area contributed by atoms with Gasteiger partial charge >= 0.3 is 0 Å². The Kier molecular flexibility index (Phi) is 4.60. The normalized spacial score (nSPS) is 29.6. The van der Waals surface area contributed by atoms with E-state index in [-0.39, 0.29) is 5.41 Å². The van der Waals surface area contributed by atoms with Gasteiger partial charge in [0.1, 0.15) is 0 Å². The van der Waals surface area contributed by atoms with Gasteiger partial charge in [0.25, 0.3) is 0 Å². The molecule has 0 radical (unpaired) electrons. The summed E-state index contributed by atoms with van der Waals surface area (Å²) in [5, 5.41) is 20.1. The molecule has 0 aliphatic heterocycles. The van der Waals surface area contributed by atoms with Gasteiger partial charge in [-0.15, -0.1) is 5.73 Å². The van der Waals surface area contributed by atoms with Gasteiger partial charge in [-0.3, -0.25) is 0 Å². The molecule has 0 aromatic carbocycles. The molecule has 0 aromatic heterocycles. The van der Waals surface area contributed by atoms with Crippen molar-refractivity contribution in [1.82, 2.24) is 0 Å². The summed E-state index contributed by atoms with van der Waals surface area (Å²) in [6.07, 6.45) is 5.88. The Bertz CT molecular complexity index is 302. The number of aliphatic hydroxyl groups excluding tert-OH is 1. The lowest BCUT2D eigenvalue weighted by Gasteiger charge is -2.41. The molecule has 0 saturated heterocycles. The van der Waals surface area contributed by atoms with Crippen molar-refractivity contribution in [2.45, 2.75) is 71.5 Å². The van der Waals surface area contributed by atoms with Crippen LogP contribution >= 0.6 is 0 Å². The van der Waals surface area contributed by atoms with Crippen molar-refractivity contribution < 1.29 is 10.2 Å². The summed E-state index contributed by atoms with van der Waals surface area (Å²) in [6.45, 7) is 8.19. The van der Waals surface area contributed by atoms with Gasteiger partial charge in [-0.1, -0.05) is 27.2 Å². The van der Waals surface area contributed by atoms with E-state index in [0.717, 1.165) is 37.7 Å². The third kappa shape index (κ3) is 3.70. The third-order valence-electron chi connectivity index (χ3n) is 3.69. The maximum atomic E-state index is 10.4. The lowest BCUT2D eigenvalue weighted by atomic mass is 9.66. The Hall–Kier alpha value is -0.560. The van der Waals surface area contributed by atoms with Gasteiger partial charge in [0.15, 0.2) is 0 Å². The predicted octanol–water partition coefficient (Wildman–Crippen LogP) is 3.19. The molecule has 2 N–H and O–H groups in total. The van der Waals surface area contributed by atoms with Gasteiger partial charge in [0.05, 0.1) is 11.7 Å². The van der Waals surface area contributed by atoms with Gasteiger partial charge in [0, 0.05) is 5.57 Å². The topological polar surface area (TPSA) is 40.5 Å². The molecule has 1 fully saturated rings. The molecule has 2 nitrogen and oxygen atoms in total. The van der Waals surface area contributed by atoms with Crippen LogP contribution in [0.2, 0.25) is 0 Å². The van der Waals surface area contributed by atoms with Crippen LogP contribution in [0.5, 0.6) is 0 Å². The fourth-order valence-electron chi connectivity index (χ4n) is 2.76. The maximum absolute atomic E-state index is 10.4. The molecular weight excluding hydrogens is 212 g/mol. The zero-order chi connectivity index (χ0) is 13.1. The van der Waals surface area contributed by atoms with Crippen LogP contribution in [-0.2, 0) is 0 Å². The second-order valence-electron chi connectivity index (χ2n) is 6.05. The number of rotatable bonds is 3. The Morgan fingerprint density at radius 2 is 2.00 bits per heavy atom. The highest BCUT2D eigenvalue weighted by atomic mass is 16.3. The van der Waals surface area contributed by atoms with Crippen molar-refractivity contribution in [3.8, 4) is 0 Å². The van der Waals surface area contributed by atoms with Crippen LogP contribution in [0.4, 0.5) is 0 Å². The van der Waals surface area contributed by atoms with Crippen molar-refractivity contribution in [3.05, 3.63) is 17.4 Å². The molecule has 2 unspecified atom stereocenters. The summed E-state index contributed by atoms with van der Waals surface area (Å²) < 4.78 is 0. The standard InChI is InChI=1S/C15H26O2/c1-5-7-12(16)8-9-13-14(2,3)10-6-11-15(13,4)17/h8,12,16-17H,5-7,10-11H2,1-4H3. The first-order valence-electron chi connectivity index (χ1n) is 6.68. The molecule has 1 aliphatic carbocycles. The molecule has 0 aromatic rings. The van der Waals surface area contributed by atoms with Gasteiger partial charge in [-0.25, -0.2) is 0 Å². The van der Waals surface area contributed by atoms with Crippen molar-refractivity contribution in [3.63, 3.8) is 0 Å². The largest absolute Gasteiger partial charge is 0.388 e. The first-order valence-corrected chi connectivity index (χ1v) is 6.68. The minimum Gasteiger partial charge on any atom is -0.388 e. The minimum atomic E-state index is -0.774. The summed E-state index contributed by atoms with van der Waals surface area (Å²) in [5.74, 6) is 0. The quantitative estimate of drug-likeness (QED) is 0.741. The van der Waals surface area contributed by atoms with Crippen LogP contribution in [0.15, 0.2) is 17.4 Å². The Morgan fingerprint density at radius 1 is 1.35 bits per heavy atom. The molecule has 0 heterocycles. The molecule has 1 saturated carbocycles. The highest BCUT2D eigenvalue weighted by Gasteiger charge is 2.40. The van der Waals surface area contributed by atoms with E-state index >= 15 is 0 Å². The van der Waals surface area contributed by atoms with Gasteiger partial charge in [0.2, 0.25) is 0 Å². The summed E-state index contributed by atoms with van der Waals surface area (Å²) in [7, 11) is 0. The van der Waals surface area contributed by atoms with E-state index < -0.39 is 11.7 Å². The van der Waals surface area contributed by atoms with E-state index in [2.05, 4.69) is 19.6 Å². The third-order valence-corrected chi connectivity index (χ3v) is 3.69. The number of hydrogen-bond acceptors (Lipinski definition) is 2. The highest BCUT2D eigenvalue weighted by Crippen LogP contribution is 2.44. The SMILES string of the molecule is CCCC(O)C=C=C1C(C)(C)CCCC1(C)O. The van der Waals surface area contributed by atoms with E-state index in [9.17, 15) is 10.2 Å². The Morgan fingerprint density at radius 3 is 2.53 bits per heavy atom. The molecular formula is C15H26O2. The van der Waals surface area contributed by atoms with E-state index in [0.29, 0.717) is 0 Å². The van der Waals surface area contributed by atoms with Crippen molar-refractivity contribution in [2.75, 3.05) is 0 Å². The lowest BCUT2D eigenvalue weighted by molar-refractivity contribution is 0.0400. The molecule has 1 aliphatic rings. The number of hydrogen-bond donors (Lipinski definition) is 2. The molecule has 0 amide bonds. The zero-order valence-electron chi connectivity index (χ0n) is 11.6. The molecule has 2 atom stereocenters. The molecule has 98 valence electrons. The molecule has 2 heteroatoms. The average molecular weight is 238 g/mol. The van der Waals surface area contributed by atoms with Crippen molar-refractivity contribution >= 4 is 0 Å². The fraction of sp³-hybridized carbons (Fsp3) is 0.800. The van der Waals surface area contributed by atoms with E-state index in [1.54, 1.807) is 6.08 Å².